The van der Waals surface area contributed by atoms with E-state index in [9.17, 15) is 4.79 Å². The molecule has 3 rings (SSSR count). The Labute approximate surface area is 84.8 Å². The Morgan fingerprint density at radius 1 is 1.43 bits per heavy atom. The van der Waals surface area contributed by atoms with Crippen molar-refractivity contribution in [3.05, 3.63) is 0 Å². The highest BCUT2D eigenvalue weighted by molar-refractivity contribution is 5.74. The number of nitrogens with one attached hydrogen (secondary N) is 3. The van der Waals surface area contributed by atoms with Gasteiger partial charge in [-0.05, 0) is 37.8 Å². The third-order valence-corrected chi connectivity index (χ3v) is 3.27. The van der Waals surface area contributed by atoms with Gasteiger partial charge in [0.15, 0.2) is 0 Å². The van der Waals surface area contributed by atoms with Crippen LogP contribution in [0.3, 0.4) is 0 Å². The Hall–Kier alpha value is -0.770. The van der Waals surface area contributed by atoms with Gasteiger partial charge in [-0.25, -0.2) is 4.79 Å². The van der Waals surface area contributed by atoms with E-state index in [1.165, 1.54) is 6.42 Å². The van der Waals surface area contributed by atoms with Gasteiger partial charge in [0.25, 0.3) is 0 Å². The Morgan fingerprint density at radius 2 is 2.14 bits per heavy atom. The molecule has 2 amide bonds. The molecular weight excluding hydrogens is 178 g/mol. The molecule has 2 unspecified atom stereocenters. The summed E-state index contributed by atoms with van der Waals surface area (Å²) in [7, 11) is 0. The van der Waals surface area contributed by atoms with Crippen LogP contribution in [0.15, 0.2) is 0 Å². The van der Waals surface area contributed by atoms with Crippen LogP contribution in [0, 0.1) is 11.8 Å². The zero-order valence-corrected chi connectivity index (χ0v) is 8.68. The second-order valence-electron chi connectivity index (χ2n) is 4.34. The molecule has 0 aromatic heterocycles. The maximum atomic E-state index is 11.4. The van der Waals surface area contributed by atoms with Crippen molar-refractivity contribution in [3.63, 3.8) is 0 Å². The number of fused-ring (bicyclic) bond motifs is 2. The lowest BCUT2D eigenvalue weighted by Crippen LogP contribution is -2.64. The fourth-order valence-electron chi connectivity index (χ4n) is 2.42. The number of piperidine rings is 2. The molecule has 4 heteroatoms. The van der Waals surface area contributed by atoms with Crippen LogP contribution in [0.25, 0.3) is 0 Å². The van der Waals surface area contributed by atoms with E-state index in [1.54, 1.807) is 0 Å². The molecule has 2 saturated heterocycles. The molecule has 2 bridgehead atoms. The summed E-state index contributed by atoms with van der Waals surface area (Å²) in [5, 5.41) is 9.27. The summed E-state index contributed by atoms with van der Waals surface area (Å²) in [5.74, 6) is 1.34. The van der Waals surface area contributed by atoms with Crippen LogP contribution in [0.5, 0.6) is 0 Å². The number of hydrogen-bond acceptors (Lipinski definition) is 2. The van der Waals surface area contributed by atoms with Crippen molar-refractivity contribution in [1.29, 1.82) is 0 Å². The molecule has 4 nitrogen and oxygen atoms in total. The van der Waals surface area contributed by atoms with Crippen molar-refractivity contribution in [1.82, 2.24) is 16.0 Å². The van der Waals surface area contributed by atoms with Crippen molar-refractivity contribution in [3.8, 4) is 0 Å². The van der Waals surface area contributed by atoms with E-state index in [0.717, 1.165) is 26.1 Å². The van der Waals surface area contributed by atoms with Crippen LogP contribution in [-0.4, -0.2) is 31.7 Å². The molecule has 1 aliphatic carbocycles. The first-order valence-corrected chi connectivity index (χ1v) is 5.56. The predicted octanol–water partition coefficient (Wildman–Crippen LogP) is 0.304. The molecule has 80 valence electrons. The molecular formula is C10H19N3O. The third kappa shape index (κ3) is 1.85. The van der Waals surface area contributed by atoms with Crippen LogP contribution in [0.2, 0.25) is 0 Å². The topological polar surface area (TPSA) is 53.2 Å². The number of rotatable bonds is 3. The van der Waals surface area contributed by atoms with Gasteiger partial charge < -0.3 is 16.0 Å². The first-order valence-electron chi connectivity index (χ1n) is 5.56. The Bertz CT molecular complexity index is 205. The minimum atomic E-state index is 0.00782. The summed E-state index contributed by atoms with van der Waals surface area (Å²) in [6.45, 7) is 4.96. The monoisotopic (exact) mass is 197 g/mol. The highest BCUT2D eigenvalue weighted by Gasteiger charge is 2.44. The number of hydrogen-bond donors (Lipinski definition) is 3. The van der Waals surface area contributed by atoms with Crippen LogP contribution >= 0.6 is 0 Å². The van der Waals surface area contributed by atoms with Crippen molar-refractivity contribution in [2.45, 2.75) is 25.8 Å². The summed E-state index contributed by atoms with van der Waals surface area (Å²) in [6, 6.07) is 0.432. The average molecular weight is 197 g/mol. The van der Waals surface area contributed by atoms with Crippen molar-refractivity contribution >= 4 is 6.03 Å². The highest BCUT2D eigenvalue weighted by atomic mass is 16.2. The van der Waals surface area contributed by atoms with Crippen LogP contribution < -0.4 is 16.0 Å². The molecule has 3 aliphatic rings. The minimum Gasteiger partial charge on any atom is -0.338 e. The zero-order chi connectivity index (χ0) is 9.97. The Balaban J connectivity index is 1.72. The minimum absolute atomic E-state index is 0.00782. The average Bonchev–Trinajstić information content (AvgIpc) is 2.24. The van der Waals surface area contributed by atoms with E-state index >= 15 is 0 Å². The lowest BCUT2D eigenvalue weighted by atomic mass is 9.67. The van der Waals surface area contributed by atoms with E-state index in [4.69, 9.17) is 0 Å². The van der Waals surface area contributed by atoms with Crippen molar-refractivity contribution in [2.24, 2.45) is 11.8 Å². The summed E-state index contributed by atoms with van der Waals surface area (Å²) in [4.78, 5) is 11.4. The smallest absolute Gasteiger partial charge is 0.315 e. The third-order valence-electron chi connectivity index (χ3n) is 3.27. The van der Waals surface area contributed by atoms with Gasteiger partial charge in [0.05, 0.1) is 0 Å². The quantitative estimate of drug-likeness (QED) is 0.609. The van der Waals surface area contributed by atoms with Crippen LogP contribution in [-0.2, 0) is 0 Å². The molecule has 0 aromatic rings. The van der Waals surface area contributed by atoms with E-state index in [2.05, 4.69) is 22.9 Å². The summed E-state index contributed by atoms with van der Waals surface area (Å²) < 4.78 is 0. The maximum Gasteiger partial charge on any atom is 0.315 e. The van der Waals surface area contributed by atoms with Gasteiger partial charge in [-0.1, -0.05) is 6.92 Å². The first-order chi connectivity index (χ1) is 6.81. The molecule has 0 radical (unpaired) electrons. The van der Waals surface area contributed by atoms with Gasteiger partial charge in [-0.2, -0.15) is 0 Å². The second kappa shape index (κ2) is 4.17. The molecule has 2 aliphatic heterocycles. The summed E-state index contributed by atoms with van der Waals surface area (Å²) in [5.41, 5.74) is 0. The largest absolute Gasteiger partial charge is 0.338 e. The van der Waals surface area contributed by atoms with Gasteiger partial charge in [0, 0.05) is 12.6 Å². The number of urea groups is 1. The van der Waals surface area contributed by atoms with Crippen molar-refractivity contribution in [2.75, 3.05) is 19.6 Å². The van der Waals surface area contributed by atoms with Gasteiger partial charge in [0.1, 0.15) is 0 Å². The standard InChI is InChI=1S/C10H19N3O/c1-2-3-12-10(14)13-9-7-4-8(9)6-11-5-7/h7-9,11H,2-6H2,1H3,(H2,12,13,14). The summed E-state index contributed by atoms with van der Waals surface area (Å²) >= 11 is 0. The zero-order valence-electron chi connectivity index (χ0n) is 8.68. The van der Waals surface area contributed by atoms with Gasteiger partial charge >= 0.3 is 6.03 Å². The molecule has 3 fully saturated rings. The molecule has 0 aromatic carbocycles. The molecule has 0 spiro atoms. The molecule has 1 saturated carbocycles. The molecule has 2 atom stereocenters. The van der Waals surface area contributed by atoms with E-state index < -0.39 is 0 Å². The normalized spacial score (nSPS) is 34.5. The Morgan fingerprint density at radius 3 is 2.71 bits per heavy atom. The van der Waals surface area contributed by atoms with Gasteiger partial charge in [-0.3, -0.25) is 0 Å². The lowest BCUT2D eigenvalue weighted by molar-refractivity contribution is 0.0734. The Kier molecular flexibility index (Phi) is 2.91. The van der Waals surface area contributed by atoms with Gasteiger partial charge in [-0.15, -0.1) is 0 Å². The molecule has 14 heavy (non-hydrogen) atoms. The highest BCUT2D eigenvalue weighted by Crippen LogP contribution is 2.36. The van der Waals surface area contributed by atoms with E-state index in [-0.39, 0.29) is 6.03 Å². The first kappa shape index (κ1) is 9.77. The predicted molar refractivity (Wildman–Crippen MR) is 55.1 cm³/mol. The number of carbonyl (C=O) groups excluding carboxylic acids is 1. The number of amides is 2. The van der Waals surface area contributed by atoms with Gasteiger partial charge in [0.2, 0.25) is 0 Å². The second-order valence-corrected chi connectivity index (χ2v) is 4.34. The van der Waals surface area contributed by atoms with E-state index in [1.807, 2.05) is 0 Å². The maximum absolute atomic E-state index is 11.4. The fraction of sp³-hybridized carbons (Fsp3) is 0.900. The SMILES string of the molecule is CCCNC(=O)NC1C2CNCC1C2. The number of carbonyl (C=O) groups is 1. The summed E-state index contributed by atoms with van der Waals surface area (Å²) in [6.07, 6.45) is 2.28. The van der Waals surface area contributed by atoms with Crippen LogP contribution in [0.4, 0.5) is 4.79 Å². The fourth-order valence-corrected chi connectivity index (χ4v) is 2.42. The lowest BCUT2D eigenvalue weighted by Gasteiger charge is -2.49. The molecule has 3 N–H and O–H groups in total. The van der Waals surface area contributed by atoms with E-state index in [0.29, 0.717) is 17.9 Å². The van der Waals surface area contributed by atoms with Crippen LogP contribution in [0.1, 0.15) is 19.8 Å². The molecule has 2 heterocycles. The van der Waals surface area contributed by atoms with Crippen molar-refractivity contribution < 1.29 is 4.79 Å².